The highest BCUT2D eigenvalue weighted by molar-refractivity contribution is 14.1. The molecule has 0 unspecified atom stereocenters. The number of para-hydroxylation sites is 1. The van der Waals surface area contributed by atoms with Gasteiger partial charge in [-0.2, -0.15) is 0 Å². The topological polar surface area (TPSA) is 87.3 Å². The molecule has 0 aliphatic carbocycles. The quantitative estimate of drug-likeness (QED) is 0.305. The summed E-state index contributed by atoms with van der Waals surface area (Å²) in [5.41, 5.74) is 3.33. The van der Waals surface area contributed by atoms with Crippen LogP contribution in [0.1, 0.15) is 21.5 Å². The maximum atomic E-state index is 12.8. The summed E-state index contributed by atoms with van der Waals surface area (Å²) in [7, 11) is -3.74. The van der Waals surface area contributed by atoms with Gasteiger partial charge in [-0.25, -0.2) is 8.42 Å². The van der Waals surface area contributed by atoms with Crippen LogP contribution in [0.25, 0.3) is 0 Å². The number of halogens is 1. The van der Waals surface area contributed by atoms with Gasteiger partial charge in [-0.15, -0.1) is 0 Å². The summed E-state index contributed by atoms with van der Waals surface area (Å²) in [5.74, 6) is -0.320. The molecule has 6 nitrogen and oxygen atoms in total. The van der Waals surface area contributed by atoms with E-state index in [9.17, 15) is 13.2 Å². The van der Waals surface area contributed by atoms with Crippen LogP contribution in [0.5, 0.6) is 0 Å². The Morgan fingerprint density at radius 1 is 0.903 bits per heavy atom. The number of aryl methyl sites for hydroxylation is 2. The molecule has 0 bridgehead atoms. The summed E-state index contributed by atoms with van der Waals surface area (Å²) < 4.78 is 29.0. The summed E-state index contributed by atoms with van der Waals surface area (Å²) in [6, 6.07) is 18.9. The highest BCUT2D eigenvalue weighted by atomic mass is 127. The fourth-order valence-corrected chi connectivity index (χ4v) is 4.91. The Hall–Kier alpha value is -2.50. The number of nitrogens with one attached hydrogen (secondary N) is 3. The SMILES string of the molecule is Cc1cccc(C)c1NS(=O)(=O)c1ccc(NC(=S)NC(=O)c2ccccc2I)cc1. The van der Waals surface area contributed by atoms with Gasteiger partial charge in [-0.05, 0) is 96.2 Å². The van der Waals surface area contributed by atoms with Crippen LogP contribution in [-0.2, 0) is 10.0 Å². The molecule has 3 aromatic rings. The van der Waals surface area contributed by atoms with Crippen LogP contribution in [0.3, 0.4) is 0 Å². The minimum Gasteiger partial charge on any atom is -0.332 e. The van der Waals surface area contributed by atoms with Gasteiger partial charge in [0.1, 0.15) is 0 Å². The molecule has 0 aliphatic rings. The number of anilines is 2. The van der Waals surface area contributed by atoms with Crippen LogP contribution in [0.15, 0.2) is 71.6 Å². The number of hydrogen-bond acceptors (Lipinski definition) is 4. The van der Waals surface area contributed by atoms with Crippen molar-refractivity contribution < 1.29 is 13.2 Å². The summed E-state index contributed by atoms with van der Waals surface area (Å²) in [5, 5.41) is 5.63. The molecular formula is C22H20IN3O3S2. The molecule has 0 radical (unpaired) electrons. The number of amides is 1. The first-order chi connectivity index (χ1) is 14.7. The molecule has 31 heavy (non-hydrogen) atoms. The van der Waals surface area contributed by atoms with Gasteiger partial charge in [-0.3, -0.25) is 14.8 Å². The first-order valence-corrected chi connectivity index (χ1v) is 12.2. The molecule has 0 aliphatic heterocycles. The van der Waals surface area contributed by atoms with Crippen molar-refractivity contribution >= 4 is 67.2 Å². The van der Waals surface area contributed by atoms with Crippen LogP contribution in [0.2, 0.25) is 0 Å². The average Bonchev–Trinajstić information content (AvgIpc) is 2.71. The number of sulfonamides is 1. The van der Waals surface area contributed by atoms with E-state index in [0.717, 1.165) is 14.7 Å². The lowest BCUT2D eigenvalue weighted by atomic mass is 10.1. The number of thiocarbonyl (C=S) groups is 1. The molecule has 9 heteroatoms. The molecule has 0 heterocycles. The zero-order valence-electron chi connectivity index (χ0n) is 16.8. The molecule has 3 aromatic carbocycles. The summed E-state index contributed by atoms with van der Waals surface area (Å²) >= 11 is 7.28. The van der Waals surface area contributed by atoms with E-state index in [1.807, 2.05) is 44.2 Å². The molecule has 1 amide bonds. The van der Waals surface area contributed by atoms with E-state index in [4.69, 9.17) is 12.2 Å². The fraction of sp³-hybridized carbons (Fsp3) is 0.0909. The van der Waals surface area contributed by atoms with Crippen molar-refractivity contribution in [3.63, 3.8) is 0 Å². The normalized spacial score (nSPS) is 10.9. The zero-order valence-corrected chi connectivity index (χ0v) is 20.6. The van der Waals surface area contributed by atoms with Gasteiger partial charge < -0.3 is 5.32 Å². The lowest BCUT2D eigenvalue weighted by Crippen LogP contribution is -2.34. The van der Waals surface area contributed by atoms with Crippen molar-refractivity contribution in [2.45, 2.75) is 18.7 Å². The highest BCUT2D eigenvalue weighted by Crippen LogP contribution is 2.24. The van der Waals surface area contributed by atoms with E-state index in [2.05, 4.69) is 37.9 Å². The van der Waals surface area contributed by atoms with Gasteiger partial charge in [0.2, 0.25) is 0 Å². The third-order valence-corrected chi connectivity index (χ3v) is 7.00. The van der Waals surface area contributed by atoms with Gasteiger partial charge in [0.25, 0.3) is 15.9 Å². The second-order valence-electron chi connectivity index (χ2n) is 6.78. The number of rotatable bonds is 5. The maximum absolute atomic E-state index is 12.8. The van der Waals surface area contributed by atoms with E-state index in [1.54, 1.807) is 24.3 Å². The van der Waals surface area contributed by atoms with E-state index < -0.39 is 10.0 Å². The largest absolute Gasteiger partial charge is 0.332 e. The molecule has 160 valence electrons. The molecular weight excluding hydrogens is 545 g/mol. The standard InChI is InChI=1S/C22H20IN3O3S2/c1-14-6-5-7-15(2)20(14)26-31(28,29)17-12-10-16(11-13-17)24-22(30)25-21(27)18-8-3-4-9-19(18)23/h3-13,26H,1-2H3,(H2,24,25,27,30). The second kappa shape index (κ2) is 9.75. The Morgan fingerprint density at radius 3 is 2.13 bits per heavy atom. The van der Waals surface area contributed by atoms with Crippen molar-refractivity contribution in [2.75, 3.05) is 10.0 Å². The Kier molecular flexibility index (Phi) is 7.29. The van der Waals surface area contributed by atoms with Crippen molar-refractivity contribution in [2.24, 2.45) is 0 Å². The van der Waals surface area contributed by atoms with Crippen LogP contribution >= 0.6 is 34.8 Å². The van der Waals surface area contributed by atoms with E-state index >= 15 is 0 Å². The van der Waals surface area contributed by atoms with Gasteiger partial charge in [0, 0.05) is 9.26 Å². The highest BCUT2D eigenvalue weighted by Gasteiger charge is 2.17. The lowest BCUT2D eigenvalue weighted by Gasteiger charge is -2.14. The third-order valence-electron chi connectivity index (χ3n) is 4.49. The lowest BCUT2D eigenvalue weighted by molar-refractivity contribution is 0.0977. The van der Waals surface area contributed by atoms with Crippen molar-refractivity contribution in [3.05, 3.63) is 87.0 Å². The number of benzene rings is 3. The fourth-order valence-electron chi connectivity index (χ4n) is 2.86. The predicted molar refractivity (Wildman–Crippen MR) is 136 cm³/mol. The molecule has 0 fully saturated rings. The monoisotopic (exact) mass is 565 g/mol. The average molecular weight is 565 g/mol. The van der Waals surface area contributed by atoms with Crippen LogP contribution in [0.4, 0.5) is 11.4 Å². The van der Waals surface area contributed by atoms with Gasteiger partial charge in [0.15, 0.2) is 5.11 Å². The van der Waals surface area contributed by atoms with Crippen LogP contribution in [0, 0.1) is 17.4 Å². The van der Waals surface area contributed by atoms with E-state index in [0.29, 0.717) is 16.9 Å². The Morgan fingerprint density at radius 2 is 1.52 bits per heavy atom. The molecule has 0 spiro atoms. The zero-order chi connectivity index (χ0) is 22.6. The smallest absolute Gasteiger partial charge is 0.261 e. The minimum absolute atomic E-state index is 0.119. The maximum Gasteiger partial charge on any atom is 0.261 e. The number of carbonyl (C=O) groups is 1. The third kappa shape index (κ3) is 5.81. The van der Waals surface area contributed by atoms with Crippen LogP contribution in [-0.4, -0.2) is 19.4 Å². The van der Waals surface area contributed by atoms with E-state index in [-0.39, 0.29) is 15.9 Å². The van der Waals surface area contributed by atoms with Gasteiger partial charge >= 0.3 is 0 Å². The summed E-state index contributed by atoms with van der Waals surface area (Å²) in [6.45, 7) is 3.70. The summed E-state index contributed by atoms with van der Waals surface area (Å²) in [4.78, 5) is 12.5. The van der Waals surface area contributed by atoms with Crippen LogP contribution < -0.4 is 15.4 Å². The molecule has 3 N–H and O–H groups in total. The molecule has 0 aromatic heterocycles. The van der Waals surface area contributed by atoms with Gasteiger partial charge in [0.05, 0.1) is 16.1 Å². The molecule has 0 saturated carbocycles. The molecule has 3 rings (SSSR count). The Balaban J connectivity index is 1.67. The van der Waals surface area contributed by atoms with Gasteiger partial charge in [-0.1, -0.05) is 30.3 Å². The first-order valence-electron chi connectivity index (χ1n) is 9.23. The molecule has 0 atom stereocenters. The predicted octanol–water partition coefficient (Wildman–Crippen LogP) is 4.84. The Labute approximate surface area is 200 Å². The second-order valence-corrected chi connectivity index (χ2v) is 10.0. The Bertz CT molecular complexity index is 1220. The number of hydrogen-bond donors (Lipinski definition) is 3. The number of carbonyl (C=O) groups excluding carboxylic acids is 1. The van der Waals surface area contributed by atoms with Crippen molar-refractivity contribution in [1.29, 1.82) is 0 Å². The summed E-state index contributed by atoms with van der Waals surface area (Å²) in [6.07, 6.45) is 0. The van der Waals surface area contributed by atoms with E-state index in [1.165, 1.54) is 12.1 Å². The van der Waals surface area contributed by atoms with Crippen molar-refractivity contribution in [3.8, 4) is 0 Å². The minimum atomic E-state index is -3.74. The first kappa shape index (κ1) is 23.2. The van der Waals surface area contributed by atoms with Crippen molar-refractivity contribution in [1.82, 2.24) is 5.32 Å². The molecule has 0 saturated heterocycles.